The quantitative estimate of drug-likeness (QED) is 0.898. The lowest BCUT2D eigenvalue weighted by atomic mass is 10.3. The van der Waals surface area contributed by atoms with Gasteiger partial charge in [-0.1, -0.05) is 23.2 Å². The van der Waals surface area contributed by atoms with Crippen molar-refractivity contribution >= 4 is 50.8 Å². The average molecular weight is 349 g/mol. The molecule has 18 heavy (non-hydrogen) atoms. The van der Waals surface area contributed by atoms with Crippen LogP contribution < -0.4 is 10.1 Å². The molecule has 0 amide bonds. The minimum atomic E-state index is 0.397. The molecule has 0 radical (unpaired) electrons. The molecule has 1 N–H and O–H groups in total. The van der Waals surface area contributed by atoms with Crippen LogP contribution in [0.2, 0.25) is 10.0 Å². The van der Waals surface area contributed by atoms with Gasteiger partial charge in [0.2, 0.25) is 11.8 Å². The Morgan fingerprint density at radius 3 is 2.50 bits per heavy atom. The first-order valence-corrected chi connectivity index (χ1v) is 6.43. The second-order valence-electron chi connectivity index (χ2n) is 3.33. The minimum absolute atomic E-state index is 0.397. The SMILES string of the molecule is COc1nc(Nc2cc(Cl)cc(Cl)c2)ncc1Br. The Hall–Kier alpha value is -1.04. The van der Waals surface area contributed by atoms with Crippen LogP contribution in [0.15, 0.2) is 28.9 Å². The van der Waals surface area contributed by atoms with Gasteiger partial charge in [-0.05, 0) is 34.1 Å². The van der Waals surface area contributed by atoms with E-state index in [-0.39, 0.29) is 0 Å². The summed E-state index contributed by atoms with van der Waals surface area (Å²) in [7, 11) is 1.53. The van der Waals surface area contributed by atoms with Crippen molar-refractivity contribution in [2.75, 3.05) is 12.4 Å². The van der Waals surface area contributed by atoms with Crippen LogP contribution in [0.3, 0.4) is 0 Å². The molecule has 2 rings (SSSR count). The van der Waals surface area contributed by atoms with Crippen LogP contribution in [0.1, 0.15) is 0 Å². The maximum absolute atomic E-state index is 5.90. The van der Waals surface area contributed by atoms with Gasteiger partial charge in [0.1, 0.15) is 0 Å². The predicted molar refractivity (Wildman–Crippen MR) is 76.0 cm³/mol. The zero-order chi connectivity index (χ0) is 13.1. The summed E-state index contributed by atoms with van der Waals surface area (Å²) in [5.41, 5.74) is 0.705. The standard InChI is InChI=1S/C11H8BrCl2N3O/c1-18-10-9(12)5-15-11(17-10)16-8-3-6(13)2-7(14)4-8/h2-5H,1H3,(H,15,16,17). The summed E-state index contributed by atoms with van der Waals surface area (Å²) in [4.78, 5) is 8.27. The second kappa shape index (κ2) is 5.73. The monoisotopic (exact) mass is 347 g/mol. The molecule has 0 unspecified atom stereocenters. The first kappa shape index (κ1) is 13.4. The lowest BCUT2D eigenvalue weighted by molar-refractivity contribution is 0.394. The van der Waals surface area contributed by atoms with E-state index in [1.54, 1.807) is 24.4 Å². The molecule has 4 nitrogen and oxygen atoms in total. The van der Waals surface area contributed by atoms with E-state index in [9.17, 15) is 0 Å². The van der Waals surface area contributed by atoms with Gasteiger partial charge in [-0.25, -0.2) is 4.98 Å². The van der Waals surface area contributed by atoms with Crippen LogP contribution in [0.5, 0.6) is 5.88 Å². The fourth-order valence-corrected chi connectivity index (χ4v) is 2.19. The van der Waals surface area contributed by atoms with Crippen LogP contribution in [0, 0.1) is 0 Å². The Kier molecular flexibility index (Phi) is 4.27. The highest BCUT2D eigenvalue weighted by atomic mass is 79.9. The van der Waals surface area contributed by atoms with Crippen molar-refractivity contribution in [2.24, 2.45) is 0 Å². The van der Waals surface area contributed by atoms with Gasteiger partial charge in [0.25, 0.3) is 0 Å². The van der Waals surface area contributed by atoms with E-state index in [1.165, 1.54) is 7.11 Å². The zero-order valence-electron chi connectivity index (χ0n) is 9.25. The molecule has 1 aromatic heterocycles. The van der Waals surface area contributed by atoms with Crippen molar-refractivity contribution in [3.05, 3.63) is 38.9 Å². The number of aromatic nitrogens is 2. The lowest BCUT2D eigenvalue weighted by Crippen LogP contribution is -1.99. The number of methoxy groups -OCH3 is 1. The molecule has 0 fully saturated rings. The zero-order valence-corrected chi connectivity index (χ0v) is 12.3. The number of ether oxygens (including phenoxy) is 1. The molecule has 0 saturated carbocycles. The summed E-state index contributed by atoms with van der Waals surface area (Å²) in [6, 6.07) is 5.11. The summed E-state index contributed by atoms with van der Waals surface area (Å²) in [5.74, 6) is 0.842. The van der Waals surface area contributed by atoms with Crippen molar-refractivity contribution in [1.82, 2.24) is 9.97 Å². The Morgan fingerprint density at radius 2 is 1.89 bits per heavy atom. The molecular weight excluding hydrogens is 341 g/mol. The number of benzene rings is 1. The van der Waals surface area contributed by atoms with Crippen LogP contribution in [0.4, 0.5) is 11.6 Å². The van der Waals surface area contributed by atoms with Crippen molar-refractivity contribution in [3.8, 4) is 5.88 Å². The Labute approximate surface area is 122 Å². The van der Waals surface area contributed by atoms with Gasteiger partial charge in [0, 0.05) is 15.7 Å². The summed E-state index contributed by atoms with van der Waals surface area (Å²) < 4.78 is 5.76. The van der Waals surface area contributed by atoms with Gasteiger partial charge in [-0.3, -0.25) is 0 Å². The number of hydrogen-bond acceptors (Lipinski definition) is 4. The molecule has 2 aromatic rings. The molecule has 0 saturated heterocycles. The van der Waals surface area contributed by atoms with Gasteiger partial charge < -0.3 is 10.1 Å². The van der Waals surface area contributed by atoms with Crippen molar-refractivity contribution in [1.29, 1.82) is 0 Å². The first-order valence-electron chi connectivity index (χ1n) is 4.88. The fraction of sp³-hybridized carbons (Fsp3) is 0.0909. The Morgan fingerprint density at radius 1 is 1.22 bits per heavy atom. The highest BCUT2D eigenvalue weighted by molar-refractivity contribution is 9.10. The molecule has 1 heterocycles. The van der Waals surface area contributed by atoms with Gasteiger partial charge >= 0.3 is 0 Å². The molecule has 0 bridgehead atoms. The molecule has 1 aromatic carbocycles. The molecule has 0 aliphatic carbocycles. The molecular formula is C11H8BrCl2N3O. The van der Waals surface area contributed by atoms with Gasteiger partial charge in [0.05, 0.1) is 17.8 Å². The Balaban J connectivity index is 2.28. The summed E-state index contributed by atoms with van der Waals surface area (Å²) in [6.07, 6.45) is 1.60. The van der Waals surface area contributed by atoms with E-state index < -0.39 is 0 Å². The van der Waals surface area contributed by atoms with Gasteiger partial charge in [-0.2, -0.15) is 4.98 Å². The smallest absolute Gasteiger partial charge is 0.232 e. The number of anilines is 2. The number of nitrogens with one attached hydrogen (secondary N) is 1. The molecule has 7 heteroatoms. The van der Waals surface area contributed by atoms with Gasteiger partial charge in [0.15, 0.2) is 0 Å². The molecule has 0 spiro atoms. The van der Waals surface area contributed by atoms with E-state index in [2.05, 4.69) is 31.2 Å². The third-order valence-electron chi connectivity index (χ3n) is 2.02. The average Bonchev–Trinajstić information content (AvgIpc) is 2.30. The third kappa shape index (κ3) is 3.25. The topological polar surface area (TPSA) is 47.0 Å². The Bertz CT molecular complexity index is 560. The van der Waals surface area contributed by atoms with E-state index in [1.807, 2.05) is 0 Å². The minimum Gasteiger partial charge on any atom is -0.480 e. The third-order valence-corrected chi connectivity index (χ3v) is 3.00. The van der Waals surface area contributed by atoms with Crippen molar-refractivity contribution in [2.45, 2.75) is 0 Å². The molecule has 94 valence electrons. The van der Waals surface area contributed by atoms with E-state index in [0.717, 1.165) is 0 Å². The van der Waals surface area contributed by atoms with Crippen LogP contribution >= 0.6 is 39.1 Å². The fourth-order valence-electron chi connectivity index (χ4n) is 1.31. The highest BCUT2D eigenvalue weighted by Crippen LogP contribution is 2.26. The second-order valence-corrected chi connectivity index (χ2v) is 5.06. The normalized spacial score (nSPS) is 10.2. The summed E-state index contributed by atoms with van der Waals surface area (Å²) >= 11 is 15.1. The maximum Gasteiger partial charge on any atom is 0.232 e. The van der Waals surface area contributed by atoms with E-state index in [0.29, 0.717) is 32.0 Å². The van der Waals surface area contributed by atoms with E-state index >= 15 is 0 Å². The van der Waals surface area contributed by atoms with Crippen molar-refractivity contribution < 1.29 is 4.74 Å². The van der Waals surface area contributed by atoms with Crippen molar-refractivity contribution in [3.63, 3.8) is 0 Å². The van der Waals surface area contributed by atoms with Crippen LogP contribution in [0.25, 0.3) is 0 Å². The molecule has 0 aliphatic rings. The van der Waals surface area contributed by atoms with Crippen LogP contribution in [-0.4, -0.2) is 17.1 Å². The summed E-state index contributed by atoms with van der Waals surface area (Å²) in [5, 5.41) is 4.07. The van der Waals surface area contributed by atoms with Crippen LogP contribution in [-0.2, 0) is 0 Å². The number of nitrogens with zero attached hydrogens (tertiary/aromatic N) is 2. The number of hydrogen-bond donors (Lipinski definition) is 1. The lowest BCUT2D eigenvalue weighted by Gasteiger charge is -2.08. The van der Waals surface area contributed by atoms with E-state index in [4.69, 9.17) is 27.9 Å². The number of rotatable bonds is 3. The largest absolute Gasteiger partial charge is 0.480 e. The first-order chi connectivity index (χ1) is 8.58. The predicted octanol–water partition coefficient (Wildman–Crippen LogP) is 4.30. The van der Waals surface area contributed by atoms with Gasteiger partial charge in [-0.15, -0.1) is 0 Å². The maximum atomic E-state index is 5.90. The summed E-state index contributed by atoms with van der Waals surface area (Å²) in [6.45, 7) is 0. The molecule has 0 aliphatic heterocycles. The number of halogens is 3. The highest BCUT2D eigenvalue weighted by Gasteiger charge is 2.06. The molecule has 0 atom stereocenters.